The molecule has 0 fully saturated rings. The molecule has 0 radical (unpaired) electrons. The SMILES string of the molecule is CC(C)(C)C(=O)OC1CC(Cl)(Cl)CNc2ccc(Cl)cc21. The minimum absolute atomic E-state index is 0.301. The van der Waals surface area contributed by atoms with E-state index in [4.69, 9.17) is 39.5 Å². The highest BCUT2D eigenvalue weighted by atomic mass is 35.5. The zero-order valence-electron chi connectivity index (χ0n) is 12.2. The summed E-state index contributed by atoms with van der Waals surface area (Å²) in [6, 6.07) is 5.38. The fourth-order valence-electron chi connectivity index (χ4n) is 2.05. The Morgan fingerprint density at radius 3 is 2.67 bits per heavy atom. The summed E-state index contributed by atoms with van der Waals surface area (Å²) in [5.41, 5.74) is 1.03. The van der Waals surface area contributed by atoms with Gasteiger partial charge in [-0.25, -0.2) is 0 Å². The Labute approximate surface area is 139 Å². The van der Waals surface area contributed by atoms with Crippen LogP contribution in [0.5, 0.6) is 0 Å². The van der Waals surface area contributed by atoms with E-state index in [-0.39, 0.29) is 5.97 Å². The number of carbonyl (C=O) groups excluding carboxylic acids is 1. The average molecular weight is 351 g/mol. The third-order valence-electron chi connectivity index (χ3n) is 3.24. The van der Waals surface area contributed by atoms with E-state index in [0.29, 0.717) is 18.0 Å². The maximum Gasteiger partial charge on any atom is 0.311 e. The highest BCUT2D eigenvalue weighted by molar-refractivity contribution is 6.48. The van der Waals surface area contributed by atoms with Crippen LogP contribution in [-0.4, -0.2) is 16.8 Å². The van der Waals surface area contributed by atoms with Crippen molar-refractivity contribution in [2.75, 3.05) is 11.9 Å². The van der Waals surface area contributed by atoms with Crippen LogP contribution in [-0.2, 0) is 9.53 Å². The molecule has 1 aliphatic rings. The Morgan fingerprint density at radius 1 is 1.38 bits per heavy atom. The van der Waals surface area contributed by atoms with E-state index < -0.39 is 15.9 Å². The summed E-state index contributed by atoms with van der Waals surface area (Å²) in [6.07, 6.45) is -0.228. The van der Waals surface area contributed by atoms with Crippen LogP contribution in [0, 0.1) is 5.41 Å². The molecule has 0 aromatic heterocycles. The second-order valence-corrected chi connectivity index (χ2v) is 8.37. The molecule has 1 heterocycles. The molecule has 6 heteroatoms. The number of rotatable bonds is 1. The number of fused-ring (bicyclic) bond motifs is 1. The number of esters is 1. The van der Waals surface area contributed by atoms with Gasteiger partial charge in [-0.3, -0.25) is 4.79 Å². The predicted molar refractivity (Wildman–Crippen MR) is 87.3 cm³/mol. The molecule has 0 saturated carbocycles. The summed E-state index contributed by atoms with van der Waals surface area (Å²) in [7, 11) is 0. The molecular formula is C15H18Cl3NO2. The van der Waals surface area contributed by atoms with Crippen molar-refractivity contribution in [2.45, 2.75) is 37.6 Å². The van der Waals surface area contributed by atoms with Crippen LogP contribution in [0.15, 0.2) is 18.2 Å². The van der Waals surface area contributed by atoms with Crippen LogP contribution >= 0.6 is 34.8 Å². The molecule has 1 N–H and O–H groups in total. The monoisotopic (exact) mass is 349 g/mol. The van der Waals surface area contributed by atoms with Gasteiger partial charge in [0.05, 0.1) is 5.41 Å². The highest BCUT2D eigenvalue weighted by Gasteiger charge is 2.37. The van der Waals surface area contributed by atoms with Gasteiger partial charge in [0, 0.05) is 29.2 Å². The van der Waals surface area contributed by atoms with Gasteiger partial charge < -0.3 is 10.1 Å². The maximum absolute atomic E-state index is 12.2. The fourth-order valence-corrected chi connectivity index (χ4v) is 2.64. The molecule has 2 rings (SSSR count). The fraction of sp³-hybridized carbons (Fsp3) is 0.533. The van der Waals surface area contributed by atoms with Crippen molar-refractivity contribution in [3.63, 3.8) is 0 Å². The van der Waals surface area contributed by atoms with E-state index in [0.717, 1.165) is 11.3 Å². The molecule has 1 aliphatic heterocycles. The Bertz CT molecular complexity index is 552. The summed E-state index contributed by atoms with van der Waals surface area (Å²) < 4.78 is 4.63. The number of nitrogens with one attached hydrogen (secondary N) is 1. The number of ether oxygens (including phenoxy) is 1. The second kappa shape index (κ2) is 5.86. The van der Waals surface area contributed by atoms with E-state index in [1.54, 1.807) is 32.9 Å². The van der Waals surface area contributed by atoms with Gasteiger partial charge in [-0.15, -0.1) is 0 Å². The minimum atomic E-state index is -1.02. The standard InChI is InChI=1S/C15H18Cl3NO2/c1-14(2,3)13(20)21-12-7-15(17,18)8-19-11-5-4-9(16)6-10(11)12/h4-6,12,19H,7-8H2,1-3H3. The van der Waals surface area contributed by atoms with Gasteiger partial charge in [-0.2, -0.15) is 0 Å². The number of hydrogen-bond acceptors (Lipinski definition) is 3. The van der Waals surface area contributed by atoms with E-state index >= 15 is 0 Å². The number of carbonyl (C=O) groups is 1. The quantitative estimate of drug-likeness (QED) is 0.574. The van der Waals surface area contributed by atoms with Gasteiger partial charge in [0.25, 0.3) is 0 Å². The van der Waals surface area contributed by atoms with Crippen molar-refractivity contribution in [1.29, 1.82) is 0 Å². The second-order valence-electron chi connectivity index (χ2n) is 6.29. The average Bonchev–Trinajstić information content (AvgIpc) is 2.46. The third-order valence-corrected chi connectivity index (χ3v) is 4.05. The van der Waals surface area contributed by atoms with Gasteiger partial charge in [0.1, 0.15) is 10.4 Å². The minimum Gasteiger partial charge on any atom is -0.457 e. The molecule has 0 saturated heterocycles. The van der Waals surface area contributed by atoms with Crippen LogP contribution < -0.4 is 5.32 Å². The summed E-state index contributed by atoms with van der Waals surface area (Å²) in [4.78, 5) is 12.2. The van der Waals surface area contributed by atoms with Gasteiger partial charge in [-0.1, -0.05) is 34.8 Å². The molecular weight excluding hydrogens is 333 g/mol. The molecule has 0 aliphatic carbocycles. The molecule has 1 aromatic carbocycles. The summed E-state index contributed by atoms with van der Waals surface area (Å²) >= 11 is 18.6. The normalized spacial score (nSPS) is 21.0. The molecule has 0 spiro atoms. The largest absolute Gasteiger partial charge is 0.457 e. The molecule has 0 bridgehead atoms. The van der Waals surface area contributed by atoms with Gasteiger partial charge in [0.15, 0.2) is 0 Å². The summed E-state index contributed by atoms with van der Waals surface area (Å²) in [5.74, 6) is -0.301. The van der Waals surface area contributed by atoms with Crippen LogP contribution in [0.2, 0.25) is 5.02 Å². The Morgan fingerprint density at radius 2 is 2.05 bits per heavy atom. The van der Waals surface area contributed by atoms with Crippen molar-refractivity contribution in [1.82, 2.24) is 0 Å². The lowest BCUT2D eigenvalue weighted by Crippen LogP contribution is -2.28. The molecule has 0 amide bonds. The molecule has 116 valence electrons. The zero-order chi connectivity index (χ0) is 15.8. The van der Waals surface area contributed by atoms with Crippen molar-refractivity contribution in [3.05, 3.63) is 28.8 Å². The Kier molecular flexibility index (Phi) is 4.67. The van der Waals surface area contributed by atoms with Gasteiger partial charge in [-0.05, 0) is 39.0 Å². The first-order chi connectivity index (χ1) is 9.58. The molecule has 1 aromatic rings. The first-order valence-electron chi connectivity index (χ1n) is 6.71. The lowest BCUT2D eigenvalue weighted by atomic mass is 9.96. The smallest absolute Gasteiger partial charge is 0.311 e. The van der Waals surface area contributed by atoms with Crippen molar-refractivity contribution in [3.8, 4) is 0 Å². The third kappa shape index (κ3) is 4.18. The van der Waals surface area contributed by atoms with Gasteiger partial charge >= 0.3 is 5.97 Å². The van der Waals surface area contributed by atoms with E-state index in [1.165, 1.54) is 0 Å². The van der Waals surface area contributed by atoms with E-state index in [2.05, 4.69) is 5.32 Å². The maximum atomic E-state index is 12.2. The summed E-state index contributed by atoms with van der Waals surface area (Å²) in [6.45, 7) is 5.78. The predicted octanol–water partition coefficient (Wildman–Crippen LogP) is 4.96. The Balaban J connectivity index is 2.37. The van der Waals surface area contributed by atoms with Crippen molar-refractivity contribution < 1.29 is 9.53 Å². The van der Waals surface area contributed by atoms with Crippen LogP contribution in [0.3, 0.4) is 0 Å². The topological polar surface area (TPSA) is 38.3 Å². The van der Waals surface area contributed by atoms with E-state index in [9.17, 15) is 4.79 Å². The molecule has 1 unspecified atom stereocenters. The van der Waals surface area contributed by atoms with Crippen LogP contribution in [0.1, 0.15) is 38.9 Å². The van der Waals surface area contributed by atoms with Crippen molar-refractivity contribution >= 4 is 46.5 Å². The lowest BCUT2D eigenvalue weighted by Gasteiger charge is -2.26. The lowest BCUT2D eigenvalue weighted by molar-refractivity contribution is -0.159. The zero-order valence-corrected chi connectivity index (χ0v) is 14.4. The first-order valence-corrected chi connectivity index (χ1v) is 7.84. The number of alkyl halides is 2. The van der Waals surface area contributed by atoms with E-state index in [1.807, 2.05) is 6.07 Å². The molecule has 3 nitrogen and oxygen atoms in total. The molecule has 1 atom stereocenters. The number of anilines is 1. The Hall–Kier alpha value is -0.640. The van der Waals surface area contributed by atoms with Gasteiger partial charge in [0.2, 0.25) is 0 Å². The number of hydrogen-bond donors (Lipinski definition) is 1. The van der Waals surface area contributed by atoms with Crippen LogP contribution in [0.4, 0.5) is 5.69 Å². The highest BCUT2D eigenvalue weighted by Crippen LogP contribution is 2.42. The van der Waals surface area contributed by atoms with Crippen molar-refractivity contribution in [2.24, 2.45) is 5.41 Å². The number of halogens is 3. The number of benzene rings is 1. The van der Waals surface area contributed by atoms with Crippen LogP contribution in [0.25, 0.3) is 0 Å². The summed E-state index contributed by atoms with van der Waals surface area (Å²) in [5, 5.41) is 3.74. The first kappa shape index (κ1) is 16.7. The molecule has 21 heavy (non-hydrogen) atoms.